The first-order valence-corrected chi connectivity index (χ1v) is 8.48. The number of nitrogens with one attached hydrogen (secondary N) is 1. The zero-order chi connectivity index (χ0) is 19.6. The number of imide groups is 2. The Kier molecular flexibility index (Phi) is 5.22. The normalized spacial score (nSPS) is 15.7. The monoisotopic (exact) mass is 431 g/mol. The second kappa shape index (κ2) is 7.58. The molecule has 0 atom stereocenters. The first-order valence-electron chi connectivity index (χ1n) is 7.69. The van der Waals surface area contributed by atoms with Crippen molar-refractivity contribution in [3.8, 4) is 11.5 Å². The molecule has 1 aliphatic heterocycles. The molecule has 138 valence electrons. The molecule has 8 nitrogen and oxygen atoms in total. The van der Waals surface area contributed by atoms with Gasteiger partial charge < -0.3 is 9.47 Å². The maximum atomic E-state index is 12.8. The van der Waals surface area contributed by atoms with Gasteiger partial charge in [0.2, 0.25) is 0 Å². The number of hydrogen-bond donors (Lipinski definition) is 1. The molecule has 0 bridgehead atoms. The van der Waals surface area contributed by atoms with Crippen molar-refractivity contribution >= 4 is 45.5 Å². The van der Waals surface area contributed by atoms with Gasteiger partial charge in [0.15, 0.2) is 0 Å². The number of nitrogens with zero attached hydrogens (tertiary/aromatic N) is 2. The maximum Gasteiger partial charge on any atom is 0.336 e. The summed E-state index contributed by atoms with van der Waals surface area (Å²) >= 11 is 3.36. The summed E-state index contributed by atoms with van der Waals surface area (Å²) in [5, 5.41) is 2.16. The van der Waals surface area contributed by atoms with Crippen molar-refractivity contribution in [2.75, 3.05) is 19.1 Å². The highest BCUT2D eigenvalue weighted by Crippen LogP contribution is 2.34. The number of urea groups is 1. The lowest BCUT2D eigenvalue weighted by molar-refractivity contribution is -0.122. The fourth-order valence-corrected chi connectivity index (χ4v) is 3.05. The largest absolute Gasteiger partial charge is 0.496 e. The van der Waals surface area contributed by atoms with E-state index in [9.17, 15) is 14.4 Å². The molecule has 0 saturated carbocycles. The molecule has 0 unspecified atom stereocenters. The number of benzene rings is 1. The third-order valence-electron chi connectivity index (χ3n) is 3.81. The first-order chi connectivity index (χ1) is 13.0. The van der Waals surface area contributed by atoms with Crippen LogP contribution in [0.3, 0.4) is 0 Å². The third-order valence-corrected chi connectivity index (χ3v) is 4.43. The number of barbiturate groups is 1. The summed E-state index contributed by atoms with van der Waals surface area (Å²) in [7, 11) is 2.96. The van der Waals surface area contributed by atoms with Crippen LogP contribution in [0.4, 0.5) is 10.5 Å². The molecule has 2 aromatic rings. The average Bonchev–Trinajstić information content (AvgIpc) is 2.66. The quantitative estimate of drug-likeness (QED) is 0.589. The van der Waals surface area contributed by atoms with Gasteiger partial charge in [-0.3, -0.25) is 19.9 Å². The molecule has 0 spiro atoms. The number of anilines is 1. The molecule has 1 fully saturated rings. The molecule has 1 saturated heterocycles. The lowest BCUT2D eigenvalue weighted by atomic mass is 10.1. The molecule has 1 aromatic heterocycles. The zero-order valence-corrected chi connectivity index (χ0v) is 15.9. The lowest BCUT2D eigenvalue weighted by Gasteiger charge is -2.26. The van der Waals surface area contributed by atoms with E-state index in [0.717, 1.165) is 4.90 Å². The molecule has 0 radical (unpaired) electrons. The second-order valence-corrected chi connectivity index (χ2v) is 6.25. The predicted octanol–water partition coefficient (Wildman–Crippen LogP) is 2.53. The summed E-state index contributed by atoms with van der Waals surface area (Å²) in [6, 6.07) is 5.56. The van der Waals surface area contributed by atoms with Crippen molar-refractivity contribution in [1.82, 2.24) is 10.3 Å². The number of amides is 4. The maximum absolute atomic E-state index is 12.8. The van der Waals surface area contributed by atoms with Gasteiger partial charge in [0, 0.05) is 17.8 Å². The Hall–Kier alpha value is -3.20. The molecule has 9 heteroatoms. The van der Waals surface area contributed by atoms with E-state index in [1.54, 1.807) is 24.3 Å². The van der Waals surface area contributed by atoms with Gasteiger partial charge in [-0.25, -0.2) is 9.69 Å². The summed E-state index contributed by atoms with van der Waals surface area (Å²) in [5.74, 6) is -0.626. The molecule has 1 N–H and O–H groups in total. The molecule has 1 aromatic carbocycles. The minimum atomic E-state index is -0.835. The van der Waals surface area contributed by atoms with E-state index in [-0.39, 0.29) is 11.3 Å². The van der Waals surface area contributed by atoms with E-state index in [4.69, 9.17) is 9.47 Å². The molecule has 1 aliphatic rings. The topological polar surface area (TPSA) is 97.8 Å². The van der Waals surface area contributed by atoms with E-state index < -0.39 is 17.8 Å². The Morgan fingerprint density at radius 1 is 1.15 bits per heavy atom. The summed E-state index contributed by atoms with van der Waals surface area (Å²) < 4.78 is 11.1. The number of carbonyl (C=O) groups excluding carboxylic acids is 3. The number of rotatable bonds is 4. The van der Waals surface area contributed by atoms with E-state index >= 15 is 0 Å². The van der Waals surface area contributed by atoms with Crippen molar-refractivity contribution < 1.29 is 23.9 Å². The van der Waals surface area contributed by atoms with Gasteiger partial charge >= 0.3 is 6.03 Å². The van der Waals surface area contributed by atoms with E-state index in [1.165, 1.54) is 32.7 Å². The third kappa shape index (κ3) is 3.54. The fraction of sp³-hybridized carbons (Fsp3) is 0.111. The van der Waals surface area contributed by atoms with Crippen molar-refractivity contribution in [1.29, 1.82) is 0 Å². The van der Waals surface area contributed by atoms with Crippen LogP contribution >= 0.6 is 15.9 Å². The molecule has 3 rings (SSSR count). The lowest BCUT2D eigenvalue weighted by Crippen LogP contribution is -2.54. The van der Waals surface area contributed by atoms with Crippen LogP contribution in [-0.4, -0.2) is 37.0 Å². The van der Waals surface area contributed by atoms with Gasteiger partial charge in [-0.2, -0.15) is 0 Å². The Balaban J connectivity index is 2.07. The van der Waals surface area contributed by atoms with Crippen molar-refractivity contribution in [3.05, 3.63) is 52.3 Å². The number of carbonyl (C=O) groups is 3. The van der Waals surface area contributed by atoms with Crippen LogP contribution < -0.4 is 19.7 Å². The van der Waals surface area contributed by atoms with Crippen molar-refractivity contribution in [2.24, 2.45) is 0 Å². The standard InChI is InChI=1S/C18H14BrN3O5/c1-26-14-8-15(27-2)13(19)7-10(14)6-12-16(23)21-18(25)22(17(12)24)11-4-3-5-20-9-11/h3-9H,1-2H3,(H,21,23,25)/b12-6+. The van der Waals surface area contributed by atoms with Crippen LogP contribution in [0, 0.1) is 0 Å². The van der Waals surface area contributed by atoms with Gasteiger partial charge in [0.05, 0.1) is 30.6 Å². The summed E-state index contributed by atoms with van der Waals surface area (Å²) in [6.45, 7) is 0. The Morgan fingerprint density at radius 3 is 2.52 bits per heavy atom. The number of aromatic nitrogens is 1. The number of methoxy groups -OCH3 is 2. The first kappa shape index (κ1) is 18.6. The van der Waals surface area contributed by atoms with Gasteiger partial charge in [-0.15, -0.1) is 0 Å². The molecule has 0 aliphatic carbocycles. The summed E-state index contributed by atoms with van der Waals surface area (Å²) in [6.07, 6.45) is 4.23. The van der Waals surface area contributed by atoms with E-state index in [1.807, 2.05) is 0 Å². The molecule has 2 heterocycles. The number of ether oxygens (including phenoxy) is 2. The Labute approximate surface area is 162 Å². The van der Waals surface area contributed by atoms with Crippen LogP contribution in [0.2, 0.25) is 0 Å². The second-order valence-electron chi connectivity index (χ2n) is 5.40. The van der Waals surface area contributed by atoms with Gasteiger partial charge in [-0.05, 0) is 40.2 Å². The van der Waals surface area contributed by atoms with Crippen LogP contribution in [0.1, 0.15) is 5.56 Å². The van der Waals surface area contributed by atoms with Crippen LogP contribution in [-0.2, 0) is 9.59 Å². The highest BCUT2D eigenvalue weighted by molar-refractivity contribution is 9.10. The molecule has 4 amide bonds. The minimum Gasteiger partial charge on any atom is -0.496 e. The summed E-state index contributed by atoms with van der Waals surface area (Å²) in [5.41, 5.74) is 0.499. The van der Waals surface area contributed by atoms with Crippen LogP contribution in [0.15, 0.2) is 46.7 Å². The van der Waals surface area contributed by atoms with Gasteiger partial charge in [0.1, 0.15) is 17.1 Å². The van der Waals surface area contributed by atoms with E-state index in [0.29, 0.717) is 21.5 Å². The smallest absolute Gasteiger partial charge is 0.336 e. The van der Waals surface area contributed by atoms with Crippen LogP contribution in [0.25, 0.3) is 6.08 Å². The van der Waals surface area contributed by atoms with E-state index in [2.05, 4.69) is 26.2 Å². The number of halogens is 1. The number of pyridine rings is 1. The molecular weight excluding hydrogens is 418 g/mol. The van der Waals surface area contributed by atoms with Crippen LogP contribution in [0.5, 0.6) is 11.5 Å². The summed E-state index contributed by atoms with van der Waals surface area (Å²) in [4.78, 5) is 42.0. The molecule has 27 heavy (non-hydrogen) atoms. The molecular formula is C18H14BrN3O5. The Bertz CT molecular complexity index is 959. The fourth-order valence-electron chi connectivity index (χ4n) is 2.53. The van der Waals surface area contributed by atoms with Crippen molar-refractivity contribution in [3.63, 3.8) is 0 Å². The minimum absolute atomic E-state index is 0.214. The highest BCUT2D eigenvalue weighted by atomic mass is 79.9. The SMILES string of the molecule is COc1cc(OC)c(/C=C2\C(=O)NC(=O)N(c3cccnc3)C2=O)cc1Br. The van der Waals surface area contributed by atoms with Crippen molar-refractivity contribution in [2.45, 2.75) is 0 Å². The highest BCUT2D eigenvalue weighted by Gasteiger charge is 2.37. The zero-order valence-electron chi connectivity index (χ0n) is 14.4. The predicted molar refractivity (Wildman–Crippen MR) is 100 cm³/mol. The van der Waals surface area contributed by atoms with Gasteiger partial charge in [-0.1, -0.05) is 0 Å². The average molecular weight is 432 g/mol. The number of hydrogen-bond acceptors (Lipinski definition) is 6. The van der Waals surface area contributed by atoms with Gasteiger partial charge in [0.25, 0.3) is 11.8 Å². The Morgan fingerprint density at radius 2 is 1.89 bits per heavy atom.